The molecule has 2 atom stereocenters. The SMILES string of the molecule is CCOC(=O)C(=O)c1ccc(C(O)C(O)CCNC)s1. The van der Waals surface area contributed by atoms with Crippen LogP contribution in [-0.2, 0) is 9.53 Å². The number of ketones is 1. The Morgan fingerprint density at radius 1 is 1.40 bits per heavy atom. The first-order valence-corrected chi connectivity index (χ1v) is 7.14. The summed E-state index contributed by atoms with van der Waals surface area (Å²) in [5, 5.41) is 22.6. The Hall–Kier alpha value is -1.28. The van der Waals surface area contributed by atoms with Gasteiger partial charge in [-0.05, 0) is 39.1 Å². The second-order valence-corrected chi connectivity index (χ2v) is 5.27. The van der Waals surface area contributed by atoms with Crippen molar-refractivity contribution < 1.29 is 24.5 Å². The van der Waals surface area contributed by atoms with Gasteiger partial charge in [0.25, 0.3) is 5.78 Å². The minimum atomic E-state index is -1.07. The summed E-state index contributed by atoms with van der Waals surface area (Å²) >= 11 is 0.984. The van der Waals surface area contributed by atoms with Gasteiger partial charge in [0.1, 0.15) is 6.10 Å². The Morgan fingerprint density at radius 2 is 2.10 bits per heavy atom. The van der Waals surface area contributed by atoms with Gasteiger partial charge < -0.3 is 20.3 Å². The number of ether oxygens (including phenoxy) is 1. The molecule has 0 radical (unpaired) electrons. The van der Waals surface area contributed by atoms with Crippen molar-refractivity contribution in [1.29, 1.82) is 0 Å². The highest BCUT2D eigenvalue weighted by molar-refractivity contribution is 7.14. The van der Waals surface area contributed by atoms with E-state index >= 15 is 0 Å². The first kappa shape index (κ1) is 16.8. The molecule has 0 bridgehead atoms. The van der Waals surface area contributed by atoms with Gasteiger partial charge in [-0.25, -0.2) is 4.79 Å². The first-order valence-electron chi connectivity index (χ1n) is 6.33. The number of hydrogen-bond donors (Lipinski definition) is 3. The first-order chi connectivity index (χ1) is 9.51. The third kappa shape index (κ3) is 4.38. The zero-order valence-electron chi connectivity index (χ0n) is 11.5. The van der Waals surface area contributed by atoms with E-state index in [2.05, 4.69) is 10.1 Å². The highest BCUT2D eigenvalue weighted by Crippen LogP contribution is 2.27. The second kappa shape index (κ2) is 8.11. The minimum Gasteiger partial charge on any atom is -0.460 e. The molecule has 0 spiro atoms. The molecule has 0 saturated carbocycles. The number of aliphatic hydroxyl groups is 2. The molecule has 20 heavy (non-hydrogen) atoms. The van der Waals surface area contributed by atoms with E-state index in [9.17, 15) is 19.8 Å². The number of Topliss-reactive ketones (excluding diaryl/α,β-unsaturated/α-hetero) is 1. The van der Waals surface area contributed by atoms with E-state index in [0.29, 0.717) is 17.8 Å². The van der Waals surface area contributed by atoms with Crippen molar-refractivity contribution in [2.45, 2.75) is 25.6 Å². The number of nitrogens with one attached hydrogen (secondary N) is 1. The van der Waals surface area contributed by atoms with Crippen LogP contribution >= 0.6 is 11.3 Å². The Labute approximate surface area is 121 Å². The van der Waals surface area contributed by atoms with Gasteiger partial charge in [-0.2, -0.15) is 0 Å². The molecule has 3 N–H and O–H groups in total. The van der Waals surface area contributed by atoms with Crippen molar-refractivity contribution in [2.75, 3.05) is 20.2 Å². The molecular formula is C13H19NO5S. The predicted molar refractivity (Wildman–Crippen MR) is 74.8 cm³/mol. The molecule has 1 aromatic rings. The Morgan fingerprint density at radius 3 is 2.70 bits per heavy atom. The molecule has 0 aliphatic heterocycles. The Bertz CT molecular complexity index is 459. The molecule has 7 heteroatoms. The maximum Gasteiger partial charge on any atom is 0.380 e. The zero-order valence-corrected chi connectivity index (χ0v) is 12.3. The largest absolute Gasteiger partial charge is 0.460 e. The molecule has 0 saturated heterocycles. The van der Waals surface area contributed by atoms with Gasteiger partial charge >= 0.3 is 5.97 Å². The van der Waals surface area contributed by atoms with Crippen LogP contribution in [0.1, 0.15) is 34.0 Å². The molecule has 6 nitrogen and oxygen atoms in total. The summed E-state index contributed by atoms with van der Waals surface area (Å²) in [5.74, 6) is -1.65. The summed E-state index contributed by atoms with van der Waals surface area (Å²) in [6.07, 6.45) is -1.61. The molecule has 0 aliphatic rings. The van der Waals surface area contributed by atoms with E-state index in [1.54, 1.807) is 14.0 Å². The highest BCUT2D eigenvalue weighted by atomic mass is 32.1. The summed E-state index contributed by atoms with van der Waals surface area (Å²) in [4.78, 5) is 23.6. The lowest BCUT2D eigenvalue weighted by molar-refractivity contribution is -0.137. The van der Waals surface area contributed by atoms with Gasteiger partial charge in [0.15, 0.2) is 0 Å². The van der Waals surface area contributed by atoms with Gasteiger partial charge in [0.2, 0.25) is 0 Å². The molecule has 1 heterocycles. The van der Waals surface area contributed by atoms with Crippen LogP contribution in [0.5, 0.6) is 0 Å². The Kier molecular flexibility index (Phi) is 6.80. The third-order valence-electron chi connectivity index (χ3n) is 2.66. The van der Waals surface area contributed by atoms with Crippen molar-refractivity contribution in [1.82, 2.24) is 5.32 Å². The molecule has 1 rings (SSSR count). The fourth-order valence-corrected chi connectivity index (χ4v) is 2.55. The summed E-state index contributed by atoms with van der Waals surface area (Å²) in [6, 6.07) is 2.98. The molecule has 2 unspecified atom stereocenters. The number of rotatable bonds is 8. The number of esters is 1. The van der Waals surface area contributed by atoms with Crippen molar-refractivity contribution in [3.8, 4) is 0 Å². The van der Waals surface area contributed by atoms with Gasteiger partial charge in [0.05, 0.1) is 17.6 Å². The molecule has 1 aromatic heterocycles. The van der Waals surface area contributed by atoms with E-state index in [1.807, 2.05) is 0 Å². The van der Waals surface area contributed by atoms with E-state index in [-0.39, 0.29) is 11.5 Å². The van der Waals surface area contributed by atoms with E-state index in [4.69, 9.17) is 0 Å². The van der Waals surface area contributed by atoms with Crippen LogP contribution in [0.2, 0.25) is 0 Å². The quantitative estimate of drug-likeness (QED) is 0.367. The van der Waals surface area contributed by atoms with E-state index in [1.165, 1.54) is 12.1 Å². The fourth-order valence-electron chi connectivity index (χ4n) is 1.57. The van der Waals surface area contributed by atoms with Gasteiger partial charge in [0, 0.05) is 4.88 Å². The molecule has 0 fully saturated rings. The Balaban J connectivity index is 2.71. The number of carbonyl (C=O) groups excluding carboxylic acids is 2. The summed E-state index contributed by atoms with van der Waals surface area (Å²) in [7, 11) is 1.75. The van der Waals surface area contributed by atoms with Gasteiger partial charge in [-0.15, -0.1) is 11.3 Å². The van der Waals surface area contributed by atoms with Gasteiger partial charge in [-0.1, -0.05) is 0 Å². The van der Waals surface area contributed by atoms with Gasteiger partial charge in [-0.3, -0.25) is 4.79 Å². The van der Waals surface area contributed by atoms with Crippen LogP contribution in [-0.4, -0.2) is 48.3 Å². The lowest BCUT2D eigenvalue weighted by Crippen LogP contribution is -2.22. The molecule has 0 amide bonds. The molecule has 0 aliphatic carbocycles. The summed E-state index contributed by atoms with van der Waals surface area (Å²) in [5.41, 5.74) is 0. The maximum absolute atomic E-state index is 11.7. The topological polar surface area (TPSA) is 95.9 Å². The fraction of sp³-hybridized carbons (Fsp3) is 0.538. The average molecular weight is 301 g/mol. The van der Waals surface area contributed by atoms with Crippen LogP contribution in [0.25, 0.3) is 0 Å². The highest BCUT2D eigenvalue weighted by Gasteiger charge is 2.24. The lowest BCUT2D eigenvalue weighted by atomic mass is 10.1. The van der Waals surface area contributed by atoms with E-state index < -0.39 is 24.0 Å². The number of hydrogen-bond acceptors (Lipinski definition) is 7. The number of carbonyl (C=O) groups is 2. The monoisotopic (exact) mass is 301 g/mol. The van der Waals surface area contributed by atoms with Crippen molar-refractivity contribution in [3.63, 3.8) is 0 Å². The smallest absolute Gasteiger partial charge is 0.380 e. The molecular weight excluding hydrogens is 282 g/mol. The van der Waals surface area contributed by atoms with Crippen LogP contribution in [0.3, 0.4) is 0 Å². The predicted octanol–water partition coefficient (Wildman–Crippen LogP) is 0.498. The standard InChI is InChI=1S/C13H19NO5S/c1-3-19-13(18)12(17)10-5-4-9(20-10)11(16)8(15)6-7-14-2/h4-5,8,11,14-16H,3,6-7H2,1-2H3. The molecule has 112 valence electrons. The second-order valence-electron chi connectivity index (χ2n) is 4.16. The van der Waals surface area contributed by atoms with Crippen LogP contribution in [0.15, 0.2) is 12.1 Å². The van der Waals surface area contributed by atoms with E-state index in [0.717, 1.165) is 11.3 Å². The minimum absolute atomic E-state index is 0.133. The van der Waals surface area contributed by atoms with Crippen LogP contribution < -0.4 is 5.32 Å². The number of thiophene rings is 1. The summed E-state index contributed by atoms with van der Waals surface area (Å²) in [6.45, 7) is 2.32. The number of aliphatic hydroxyl groups excluding tert-OH is 2. The normalized spacial score (nSPS) is 13.8. The van der Waals surface area contributed by atoms with Crippen molar-refractivity contribution in [3.05, 3.63) is 21.9 Å². The van der Waals surface area contributed by atoms with Crippen molar-refractivity contribution in [2.24, 2.45) is 0 Å². The third-order valence-corrected chi connectivity index (χ3v) is 3.81. The van der Waals surface area contributed by atoms with Crippen molar-refractivity contribution >= 4 is 23.1 Å². The van der Waals surface area contributed by atoms with Crippen LogP contribution in [0, 0.1) is 0 Å². The lowest BCUT2D eigenvalue weighted by Gasteiger charge is -2.16. The molecule has 0 aromatic carbocycles. The zero-order chi connectivity index (χ0) is 15.1. The van der Waals surface area contributed by atoms with Crippen LogP contribution in [0.4, 0.5) is 0 Å². The maximum atomic E-state index is 11.7. The average Bonchev–Trinajstić information content (AvgIpc) is 2.92. The summed E-state index contributed by atoms with van der Waals surface area (Å²) < 4.78 is 4.63.